The molecule has 0 radical (unpaired) electrons. The van der Waals surface area contributed by atoms with E-state index in [4.69, 9.17) is 5.73 Å². The van der Waals surface area contributed by atoms with E-state index in [2.05, 4.69) is 0 Å². The predicted molar refractivity (Wildman–Crippen MR) is 60.4 cm³/mol. The Morgan fingerprint density at radius 2 is 1.67 bits per heavy atom. The third-order valence-corrected chi connectivity index (χ3v) is 2.92. The van der Waals surface area contributed by atoms with E-state index in [9.17, 15) is 5.11 Å². The molecule has 1 aliphatic carbocycles. The molecule has 0 amide bonds. The van der Waals surface area contributed by atoms with Gasteiger partial charge in [0.05, 0.1) is 0 Å². The van der Waals surface area contributed by atoms with Gasteiger partial charge in [-0.1, -0.05) is 30.3 Å². The average Bonchev–Trinajstić information content (AvgIpc) is 2.54. The molecule has 2 nitrogen and oxygen atoms in total. The molecule has 2 aromatic carbocycles. The number of benzene rings is 2. The molecule has 0 bridgehead atoms. The van der Waals surface area contributed by atoms with E-state index in [0.717, 1.165) is 27.9 Å². The third kappa shape index (κ3) is 1.09. The molecule has 0 fully saturated rings. The van der Waals surface area contributed by atoms with Crippen molar-refractivity contribution in [2.75, 3.05) is 5.73 Å². The summed E-state index contributed by atoms with van der Waals surface area (Å²) in [5, 5.41) is 10.1. The summed E-state index contributed by atoms with van der Waals surface area (Å²) in [6.07, 6.45) is -0.503. The Bertz CT molecular complexity index is 534. The topological polar surface area (TPSA) is 46.2 Å². The van der Waals surface area contributed by atoms with Gasteiger partial charge in [0, 0.05) is 5.69 Å². The zero-order chi connectivity index (χ0) is 10.4. The first kappa shape index (κ1) is 8.50. The van der Waals surface area contributed by atoms with Crippen molar-refractivity contribution in [3.8, 4) is 11.1 Å². The van der Waals surface area contributed by atoms with Crippen molar-refractivity contribution in [1.82, 2.24) is 0 Å². The maximum Gasteiger partial charge on any atom is 0.105 e. The Hall–Kier alpha value is -1.80. The Morgan fingerprint density at radius 1 is 0.933 bits per heavy atom. The number of nitrogens with two attached hydrogens (primary N) is 1. The molecule has 0 aromatic heterocycles. The first-order valence-electron chi connectivity index (χ1n) is 4.94. The molecule has 1 aliphatic rings. The van der Waals surface area contributed by atoms with E-state index in [1.165, 1.54) is 0 Å². The molecule has 0 heterocycles. The van der Waals surface area contributed by atoms with Crippen LogP contribution >= 0.6 is 0 Å². The smallest absolute Gasteiger partial charge is 0.105 e. The summed E-state index contributed by atoms with van der Waals surface area (Å²) in [4.78, 5) is 0. The monoisotopic (exact) mass is 197 g/mol. The summed E-state index contributed by atoms with van der Waals surface area (Å²) in [5.41, 5.74) is 10.5. The first-order valence-corrected chi connectivity index (χ1v) is 4.94. The Labute approximate surface area is 88.0 Å². The molecule has 2 aromatic rings. The fourth-order valence-corrected chi connectivity index (χ4v) is 2.19. The fourth-order valence-electron chi connectivity index (χ4n) is 2.19. The molecule has 0 unspecified atom stereocenters. The molecule has 2 heteroatoms. The summed E-state index contributed by atoms with van der Waals surface area (Å²) in [6, 6.07) is 13.5. The van der Waals surface area contributed by atoms with Crippen LogP contribution in [0, 0.1) is 0 Å². The van der Waals surface area contributed by atoms with Gasteiger partial charge in [-0.3, -0.25) is 0 Å². The molecule has 0 aliphatic heterocycles. The van der Waals surface area contributed by atoms with Gasteiger partial charge in [0.15, 0.2) is 0 Å². The van der Waals surface area contributed by atoms with Crippen LogP contribution in [-0.4, -0.2) is 5.11 Å². The number of hydrogen-bond donors (Lipinski definition) is 2. The highest BCUT2D eigenvalue weighted by molar-refractivity contribution is 5.80. The average molecular weight is 197 g/mol. The van der Waals surface area contributed by atoms with E-state index in [1.807, 2.05) is 42.5 Å². The standard InChI is InChI=1S/C13H11NO/c14-8-5-6-11-12(7-8)9-3-1-2-4-10(9)13(11)15/h1-7,13,15H,14H2/t13-/m1/s1. The number of aliphatic hydroxyl groups excluding tert-OH is 1. The van der Waals surface area contributed by atoms with E-state index >= 15 is 0 Å². The molecular formula is C13H11NO. The van der Waals surface area contributed by atoms with Crippen LogP contribution < -0.4 is 5.73 Å². The zero-order valence-electron chi connectivity index (χ0n) is 8.14. The molecule has 3 rings (SSSR count). The molecule has 15 heavy (non-hydrogen) atoms. The van der Waals surface area contributed by atoms with Gasteiger partial charge in [-0.15, -0.1) is 0 Å². The van der Waals surface area contributed by atoms with Gasteiger partial charge in [0.25, 0.3) is 0 Å². The molecule has 1 atom stereocenters. The minimum Gasteiger partial charge on any atom is -0.399 e. The van der Waals surface area contributed by atoms with Crippen molar-refractivity contribution < 1.29 is 5.11 Å². The van der Waals surface area contributed by atoms with Crippen LogP contribution in [0.5, 0.6) is 0 Å². The molecule has 3 N–H and O–H groups in total. The number of anilines is 1. The van der Waals surface area contributed by atoms with E-state index < -0.39 is 6.10 Å². The van der Waals surface area contributed by atoms with E-state index in [-0.39, 0.29) is 0 Å². The molecule has 0 saturated carbocycles. The highest BCUT2D eigenvalue weighted by Gasteiger charge is 2.26. The normalized spacial score (nSPS) is 17.3. The summed E-state index contributed by atoms with van der Waals surface area (Å²) in [6.45, 7) is 0. The fraction of sp³-hybridized carbons (Fsp3) is 0.0769. The quantitative estimate of drug-likeness (QED) is 0.637. The number of aliphatic hydroxyl groups is 1. The molecule has 0 spiro atoms. The predicted octanol–water partition coefficient (Wildman–Crippen LogP) is 2.33. The van der Waals surface area contributed by atoms with Gasteiger partial charge >= 0.3 is 0 Å². The van der Waals surface area contributed by atoms with Crippen LogP contribution in [0.3, 0.4) is 0 Å². The Morgan fingerprint density at radius 3 is 2.53 bits per heavy atom. The highest BCUT2D eigenvalue weighted by atomic mass is 16.3. The number of rotatable bonds is 0. The van der Waals surface area contributed by atoms with Gasteiger partial charge in [-0.2, -0.15) is 0 Å². The second kappa shape index (κ2) is 2.84. The second-order valence-corrected chi connectivity index (χ2v) is 3.84. The minimum absolute atomic E-state index is 0.503. The number of hydrogen-bond acceptors (Lipinski definition) is 2. The molecular weight excluding hydrogens is 186 g/mol. The van der Waals surface area contributed by atoms with E-state index in [0.29, 0.717) is 0 Å². The van der Waals surface area contributed by atoms with Crippen molar-refractivity contribution in [2.24, 2.45) is 0 Å². The maximum absolute atomic E-state index is 10.1. The lowest BCUT2D eigenvalue weighted by molar-refractivity contribution is 0.225. The first-order chi connectivity index (χ1) is 7.27. The largest absolute Gasteiger partial charge is 0.399 e. The minimum atomic E-state index is -0.503. The lowest BCUT2D eigenvalue weighted by Gasteiger charge is -2.04. The van der Waals surface area contributed by atoms with Crippen LogP contribution in [0.25, 0.3) is 11.1 Å². The van der Waals surface area contributed by atoms with Gasteiger partial charge in [-0.05, 0) is 34.4 Å². The lowest BCUT2D eigenvalue weighted by atomic mass is 10.1. The van der Waals surface area contributed by atoms with Crippen molar-refractivity contribution in [2.45, 2.75) is 6.10 Å². The zero-order valence-corrected chi connectivity index (χ0v) is 8.14. The Balaban J connectivity index is 2.34. The van der Waals surface area contributed by atoms with Gasteiger partial charge in [-0.25, -0.2) is 0 Å². The highest BCUT2D eigenvalue weighted by Crippen LogP contribution is 2.43. The summed E-state index contributed by atoms with van der Waals surface area (Å²) < 4.78 is 0. The Kier molecular flexibility index (Phi) is 1.61. The third-order valence-electron chi connectivity index (χ3n) is 2.92. The van der Waals surface area contributed by atoms with Crippen LogP contribution in [0.2, 0.25) is 0 Å². The second-order valence-electron chi connectivity index (χ2n) is 3.84. The van der Waals surface area contributed by atoms with Crippen molar-refractivity contribution >= 4 is 5.69 Å². The molecule has 74 valence electrons. The van der Waals surface area contributed by atoms with Crippen LogP contribution in [0.1, 0.15) is 17.2 Å². The van der Waals surface area contributed by atoms with Crippen LogP contribution in [0.4, 0.5) is 5.69 Å². The van der Waals surface area contributed by atoms with Crippen LogP contribution in [0.15, 0.2) is 42.5 Å². The van der Waals surface area contributed by atoms with Gasteiger partial charge < -0.3 is 10.8 Å². The number of nitrogen functional groups attached to an aromatic ring is 1. The van der Waals surface area contributed by atoms with Gasteiger partial charge in [0.1, 0.15) is 6.10 Å². The summed E-state index contributed by atoms with van der Waals surface area (Å²) in [7, 11) is 0. The van der Waals surface area contributed by atoms with Gasteiger partial charge in [0.2, 0.25) is 0 Å². The summed E-state index contributed by atoms with van der Waals surface area (Å²) in [5.74, 6) is 0. The number of fused-ring (bicyclic) bond motifs is 3. The van der Waals surface area contributed by atoms with Crippen molar-refractivity contribution in [3.05, 3.63) is 53.6 Å². The van der Waals surface area contributed by atoms with Crippen LogP contribution in [-0.2, 0) is 0 Å². The van der Waals surface area contributed by atoms with Crippen molar-refractivity contribution in [3.63, 3.8) is 0 Å². The molecule has 0 saturated heterocycles. The SMILES string of the molecule is Nc1ccc2c(c1)-c1ccccc1[C@H]2O. The summed E-state index contributed by atoms with van der Waals surface area (Å²) >= 11 is 0. The van der Waals surface area contributed by atoms with Crippen molar-refractivity contribution in [1.29, 1.82) is 0 Å². The van der Waals surface area contributed by atoms with E-state index in [1.54, 1.807) is 0 Å². The maximum atomic E-state index is 10.1. The lowest BCUT2D eigenvalue weighted by Crippen LogP contribution is -1.93.